The Morgan fingerprint density at radius 2 is 1.00 bits per heavy atom. The third-order valence-corrected chi connectivity index (χ3v) is 13.8. The predicted molar refractivity (Wildman–Crippen MR) is 292 cm³/mol. The second-order valence-electron chi connectivity index (χ2n) is 20.4. The van der Waals surface area contributed by atoms with Crippen LogP contribution in [0, 0.1) is 0 Å². The van der Waals surface area contributed by atoms with Crippen molar-refractivity contribution in [3.63, 3.8) is 0 Å². The molecule has 2 fully saturated rings. The third kappa shape index (κ3) is 17.2. The van der Waals surface area contributed by atoms with Gasteiger partial charge in [0.1, 0.15) is 24.4 Å². The summed E-state index contributed by atoms with van der Waals surface area (Å²) in [5.41, 5.74) is 6.57. The molecular formula is C54H67BrCl4N6O8. The van der Waals surface area contributed by atoms with E-state index in [1.807, 2.05) is 47.6 Å². The van der Waals surface area contributed by atoms with Crippen molar-refractivity contribution in [1.82, 2.24) is 24.9 Å². The van der Waals surface area contributed by atoms with Crippen molar-refractivity contribution in [2.75, 3.05) is 71.4 Å². The average Bonchev–Trinajstić information content (AvgIpc) is 3.95. The van der Waals surface area contributed by atoms with E-state index in [-0.39, 0.29) is 55.3 Å². The number of hydrogen-bond acceptors (Lipinski definition) is 10. The van der Waals surface area contributed by atoms with Gasteiger partial charge in [-0.05, 0) is 161 Å². The molecule has 0 spiro atoms. The van der Waals surface area contributed by atoms with Crippen molar-refractivity contribution in [3.8, 4) is 0 Å². The van der Waals surface area contributed by atoms with Crippen LogP contribution in [0.25, 0.3) is 0 Å². The van der Waals surface area contributed by atoms with E-state index >= 15 is 0 Å². The maximum atomic E-state index is 12.8. The number of carbonyl (C=O) groups is 4. The highest BCUT2D eigenvalue weighted by Crippen LogP contribution is 2.39. The molecule has 2 heterocycles. The number of ether oxygens (including phenoxy) is 4. The maximum Gasteiger partial charge on any atom is 0.410 e. The number of anilines is 1. The van der Waals surface area contributed by atoms with Gasteiger partial charge in [-0.2, -0.15) is 0 Å². The Balaban J connectivity index is 0.000000201. The molecule has 0 saturated carbocycles. The number of nitrogens with one attached hydrogen (secondary N) is 1. The molecule has 4 aromatic rings. The fourth-order valence-corrected chi connectivity index (χ4v) is 10.4. The van der Waals surface area contributed by atoms with Crippen LogP contribution in [0.15, 0.2) is 77.3 Å². The highest BCUT2D eigenvalue weighted by Gasteiger charge is 2.33. The number of piperazine rings is 2. The van der Waals surface area contributed by atoms with Gasteiger partial charge in [-0.15, -0.1) is 0 Å². The van der Waals surface area contributed by atoms with Crippen LogP contribution in [0.4, 0.5) is 24.9 Å². The Bertz CT molecular complexity index is 2540. The summed E-state index contributed by atoms with van der Waals surface area (Å²) in [6, 6.07) is 22.9. The van der Waals surface area contributed by atoms with Crippen molar-refractivity contribution in [2.45, 2.75) is 104 Å². The lowest BCUT2D eigenvalue weighted by Crippen LogP contribution is -2.50. The minimum Gasteiger partial charge on any atom is -0.445 e. The van der Waals surface area contributed by atoms with Crippen LogP contribution in [0.5, 0.6) is 0 Å². The van der Waals surface area contributed by atoms with Gasteiger partial charge in [-0.3, -0.25) is 0 Å². The Hall–Kier alpha value is -4.64. The molecule has 0 aromatic heterocycles. The number of carbonyl (C=O) groups excluding carboxylic acids is 4. The van der Waals surface area contributed by atoms with E-state index in [4.69, 9.17) is 65.4 Å². The van der Waals surface area contributed by atoms with Crippen molar-refractivity contribution >= 4 is 92.4 Å². The van der Waals surface area contributed by atoms with Gasteiger partial charge in [-0.1, -0.05) is 74.5 Å². The lowest BCUT2D eigenvalue weighted by atomic mass is 10.1. The van der Waals surface area contributed by atoms with Crippen LogP contribution in [0.3, 0.4) is 0 Å². The summed E-state index contributed by atoms with van der Waals surface area (Å²) in [6.07, 6.45) is 2.41. The second kappa shape index (κ2) is 25.7. The topological polar surface area (TPSA) is 133 Å². The van der Waals surface area contributed by atoms with E-state index in [1.165, 1.54) is 16.7 Å². The van der Waals surface area contributed by atoms with Crippen molar-refractivity contribution in [1.29, 1.82) is 0 Å². The number of aryl methyl sites for hydroxylation is 2. The summed E-state index contributed by atoms with van der Waals surface area (Å²) in [6.45, 7) is 17.4. The largest absolute Gasteiger partial charge is 0.445 e. The van der Waals surface area contributed by atoms with Gasteiger partial charge in [-0.25, -0.2) is 19.2 Å². The molecule has 14 nitrogen and oxygen atoms in total. The molecule has 73 heavy (non-hydrogen) atoms. The zero-order valence-electron chi connectivity index (χ0n) is 42.9. The minimum atomic E-state index is -0.502. The van der Waals surface area contributed by atoms with E-state index in [0.29, 0.717) is 33.2 Å². The molecule has 19 heteroatoms. The number of hydrogen-bond donors (Lipinski definition) is 1. The Labute approximate surface area is 458 Å². The van der Waals surface area contributed by atoms with E-state index in [1.54, 1.807) is 70.1 Å². The quantitative estimate of drug-likeness (QED) is 0.178. The summed E-state index contributed by atoms with van der Waals surface area (Å²) in [5.74, 6) is 0. The first kappa shape index (κ1) is 57.6. The van der Waals surface area contributed by atoms with Gasteiger partial charge in [0.2, 0.25) is 0 Å². The first-order chi connectivity index (χ1) is 34.4. The van der Waals surface area contributed by atoms with Crippen LogP contribution in [-0.2, 0) is 45.0 Å². The molecule has 2 atom stereocenters. The molecule has 4 amide bonds. The summed E-state index contributed by atoms with van der Waals surface area (Å²) in [5, 5.41) is 5.24. The zero-order valence-corrected chi connectivity index (χ0v) is 47.5. The van der Waals surface area contributed by atoms with E-state index in [2.05, 4.69) is 56.5 Å². The van der Waals surface area contributed by atoms with E-state index in [0.717, 1.165) is 91.8 Å². The number of fused-ring (bicyclic) bond motifs is 2. The molecule has 0 radical (unpaired) electrons. The molecule has 8 rings (SSSR count). The molecule has 1 N–H and O–H groups in total. The van der Waals surface area contributed by atoms with E-state index in [9.17, 15) is 19.2 Å². The van der Waals surface area contributed by atoms with Crippen molar-refractivity contribution in [2.24, 2.45) is 0 Å². The number of amides is 4. The number of halogens is 5. The summed E-state index contributed by atoms with van der Waals surface area (Å²) in [4.78, 5) is 58.2. The molecule has 2 aliphatic heterocycles. The molecule has 396 valence electrons. The van der Waals surface area contributed by atoms with Gasteiger partial charge >= 0.3 is 24.4 Å². The molecule has 4 aliphatic rings. The summed E-state index contributed by atoms with van der Waals surface area (Å²) < 4.78 is 22.7. The summed E-state index contributed by atoms with van der Waals surface area (Å²) >= 11 is 27.5. The SMILES string of the molecule is CC(C)(C)OC(=O)N1CCNCC1.CN(C(=O)OCc1cc(Cl)cc(Cl)c1)C1CCc2ccc(Br)cc21.CN(C(=O)OCc1cc(Cl)cc(Cl)c1)C1CCc2ccc(N3CCN(C(=O)OC(C)(C)C)CC3)cc21. The Kier molecular flexibility index (Phi) is 20.3. The predicted octanol–water partition coefficient (Wildman–Crippen LogP) is 13.1. The van der Waals surface area contributed by atoms with Crippen LogP contribution in [-0.4, -0.2) is 122 Å². The van der Waals surface area contributed by atoms with Crippen LogP contribution < -0.4 is 10.2 Å². The van der Waals surface area contributed by atoms with Gasteiger partial charge in [0.15, 0.2) is 0 Å². The molecule has 0 bridgehead atoms. The summed E-state index contributed by atoms with van der Waals surface area (Å²) in [7, 11) is 3.55. The molecule has 4 aromatic carbocycles. The lowest BCUT2D eigenvalue weighted by Gasteiger charge is -2.37. The second-order valence-corrected chi connectivity index (χ2v) is 23.1. The fourth-order valence-electron chi connectivity index (χ4n) is 8.90. The van der Waals surface area contributed by atoms with Crippen LogP contribution in [0.2, 0.25) is 20.1 Å². The third-order valence-electron chi connectivity index (χ3n) is 12.5. The lowest BCUT2D eigenvalue weighted by molar-refractivity contribution is 0.0223. The molecule has 2 aliphatic carbocycles. The van der Waals surface area contributed by atoms with Gasteiger partial charge in [0, 0.05) is 96.7 Å². The maximum absolute atomic E-state index is 12.8. The van der Waals surface area contributed by atoms with Crippen LogP contribution in [0.1, 0.15) is 99.8 Å². The van der Waals surface area contributed by atoms with Gasteiger partial charge in [0.25, 0.3) is 0 Å². The highest BCUT2D eigenvalue weighted by atomic mass is 79.9. The molecule has 2 unspecified atom stereocenters. The molecule has 2 saturated heterocycles. The normalized spacial score (nSPS) is 17.2. The van der Waals surface area contributed by atoms with Crippen molar-refractivity contribution in [3.05, 3.63) is 131 Å². The smallest absolute Gasteiger partial charge is 0.410 e. The van der Waals surface area contributed by atoms with Crippen molar-refractivity contribution < 1.29 is 38.1 Å². The monoisotopic (exact) mass is 1150 g/mol. The fraction of sp³-hybridized carbons (Fsp3) is 0.481. The first-order valence-electron chi connectivity index (χ1n) is 24.4. The molecular weight excluding hydrogens is 1080 g/mol. The van der Waals surface area contributed by atoms with E-state index < -0.39 is 5.60 Å². The average molecular weight is 1150 g/mol. The Morgan fingerprint density at radius 1 is 0.589 bits per heavy atom. The standard InChI is InChI=1S/C27H33Cl2N3O4.C18H16BrCl2NO2.C9H18N2O2/c1-27(2,3)36-26(34)32-11-9-31(10-12-32)22-7-5-19-6-8-24(23(19)16-22)30(4)25(33)35-17-18-13-20(28)15-21(29)14-18;1-22(17-5-3-12-2-4-13(19)8-16(12)17)18(23)24-10-11-6-14(20)9-15(21)7-11;1-9(2,3)13-8(12)11-6-4-10-5-7-11/h5,7,13-16,24H,6,8-12,17H2,1-4H3;2,4,6-9,17H,3,5,10H2,1H3;10H,4-7H2,1-3H3. The first-order valence-corrected chi connectivity index (χ1v) is 26.7. The van der Waals surface area contributed by atoms with Gasteiger partial charge in [0.05, 0.1) is 12.1 Å². The number of nitrogens with zero attached hydrogens (tertiary/aromatic N) is 5. The zero-order chi connectivity index (χ0) is 53.2. The van der Waals surface area contributed by atoms with Crippen LogP contribution >= 0.6 is 62.3 Å². The number of rotatable bonds is 7. The highest BCUT2D eigenvalue weighted by molar-refractivity contribution is 9.10. The number of benzene rings is 4. The Morgan fingerprint density at radius 3 is 1.44 bits per heavy atom. The minimum absolute atomic E-state index is 0.0351. The van der Waals surface area contributed by atoms with Gasteiger partial charge < -0.3 is 48.8 Å².